The third-order valence-electron chi connectivity index (χ3n) is 4.24. The van der Waals surface area contributed by atoms with Gasteiger partial charge in [0.25, 0.3) is 0 Å². The van der Waals surface area contributed by atoms with Crippen LogP contribution in [0.15, 0.2) is 24.3 Å². The quantitative estimate of drug-likeness (QED) is 0.823. The van der Waals surface area contributed by atoms with Crippen molar-refractivity contribution in [2.75, 3.05) is 11.9 Å². The van der Waals surface area contributed by atoms with Gasteiger partial charge >= 0.3 is 0 Å². The fourth-order valence-electron chi connectivity index (χ4n) is 3.15. The number of rotatable bonds is 1. The Morgan fingerprint density at radius 1 is 1.39 bits per heavy atom. The van der Waals surface area contributed by atoms with Crippen molar-refractivity contribution < 1.29 is 4.79 Å². The van der Waals surface area contributed by atoms with Gasteiger partial charge < -0.3 is 10.2 Å². The Labute approximate surface area is 108 Å². The molecule has 0 spiro atoms. The number of nitrogens with one attached hydrogen (secondary N) is 1. The highest BCUT2D eigenvalue weighted by atomic mass is 16.2. The second kappa shape index (κ2) is 4.01. The Balaban J connectivity index is 1.77. The lowest BCUT2D eigenvalue weighted by Gasteiger charge is -2.33. The molecule has 1 aromatic rings. The molecule has 3 nitrogen and oxygen atoms in total. The van der Waals surface area contributed by atoms with E-state index in [1.165, 1.54) is 5.56 Å². The highest BCUT2D eigenvalue weighted by Gasteiger charge is 2.39. The molecule has 18 heavy (non-hydrogen) atoms. The minimum atomic E-state index is -0.0697. The molecule has 2 aliphatic heterocycles. The van der Waals surface area contributed by atoms with E-state index >= 15 is 0 Å². The molecule has 1 aromatic carbocycles. The molecular formula is C15H20N2O. The summed E-state index contributed by atoms with van der Waals surface area (Å²) in [5, 5.41) is 3.36. The number of likely N-dealkylation sites (tertiary alicyclic amines) is 1. The monoisotopic (exact) mass is 244 g/mol. The predicted molar refractivity (Wildman–Crippen MR) is 72.6 cm³/mol. The third-order valence-corrected chi connectivity index (χ3v) is 4.24. The average molecular weight is 244 g/mol. The number of hydrogen-bond donors (Lipinski definition) is 1. The molecule has 1 fully saturated rings. The van der Waals surface area contributed by atoms with Crippen molar-refractivity contribution in [3.63, 3.8) is 0 Å². The number of benzene rings is 1. The summed E-state index contributed by atoms with van der Waals surface area (Å²) in [7, 11) is 0. The molecule has 96 valence electrons. The SMILES string of the molecule is CC1(C)CCCN1C(=O)[C@@H]1Cc2ccccc2N1. The van der Waals surface area contributed by atoms with Crippen LogP contribution in [0.25, 0.3) is 0 Å². The summed E-state index contributed by atoms with van der Waals surface area (Å²) in [4.78, 5) is 14.6. The number of para-hydroxylation sites is 1. The Morgan fingerprint density at radius 2 is 2.17 bits per heavy atom. The Hall–Kier alpha value is -1.51. The first kappa shape index (κ1) is 11.6. The van der Waals surface area contributed by atoms with Crippen LogP contribution in [0.5, 0.6) is 0 Å². The number of amides is 1. The molecule has 0 aliphatic carbocycles. The summed E-state index contributed by atoms with van der Waals surface area (Å²) in [5.41, 5.74) is 2.40. The van der Waals surface area contributed by atoms with Crippen LogP contribution in [0.3, 0.4) is 0 Å². The first-order valence-corrected chi connectivity index (χ1v) is 6.74. The van der Waals surface area contributed by atoms with Gasteiger partial charge in [-0.25, -0.2) is 0 Å². The average Bonchev–Trinajstić information content (AvgIpc) is 2.90. The maximum Gasteiger partial charge on any atom is 0.245 e. The highest BCUT2D eigenvalue weighted by Crippen LogP contribution is 2.32. The highest BCUT2D eigenvalue weighted by molar-refractivity contribution is 5.88. The standard InChI is InChI=1S/C15H20N2O/c1-15(2)8-5-9-17(15)14(18)13-10-11-6-3-4-7-12(11)16-13/h3-4,6-7,13,16H,5,8-10H2,1-2H3/t13-/m0/s1. The van der Waals surface area contributed by atoms with Crippen molar-refractivity contribution >= 4 is 11.6 Å². The lowest BCUT2D eigenvalue weighted by Crippen LogP contribution is -2.49. The van der Waals surface area contributed by atoms with Crippen LogP contribution in [0.2, 0.25) is 0 Å². The lowest BCUT2D eigenvalue weighted by atomic mass is 10.0. The molecule has 2 aliphatic rings. The molecule has 1 saturated heterocycles. The van der Waals surface area contributed by atoms with E-state index in [-0.39, 0.29) is 17.5 Å². The largest absolute Gasteiger partial charge is 0.373 e. The molecule has 3 rings (SSSR count). The topological polar surface area (TPSA) is 32.3 Å². The lowest BCUT2D eigenvalue weighted by molar-refractivity contribution is -0.135. The molecule has 3 heteroatoms. The van der Waals surface area contributed by atoms with E-state index < -0.39 is 0 Å². The molecule has 0 radical (unpaired) electrons. The Morgan fingerprint density at radius 3 is 2.83 bits per heavy atom. The summed E-state index contributed by atoms with van der Waals surface area (Å²) in [6, 6.07) is 8.13. The van der Waals surface area contributed by atoms with E-state index in [1.54, 1.807) is 0 Å². The fraction of sp³-hybridized carbons (Fsp3) is 0.533. The Kier molecular flexibility index (Phi) is 2.58. The second-order valence-electron chi connectivity index (χ2n) is 5.96. The third kappa shape index (κ3) is 1.78. The maximum absolute atomic E-state index is 12.6. The number of hydrogen-bond acceptors (Lipinski definition) is 2. The number of carbonyl (C=O) groups is 1. The van der Waals surface area contributed by atoms with Gasteiger partial charge in [-0.1, -0.05) is 18.2 Å². The van der Waals surface area contributed by atoms with Gasteiger partial charge in [-0.05, 0) is 38.3 Å². The fourth-order valence-corrected chi connectivity index (χ4v) is 3.15. The van der Waals surface area contributed by atoms with Crippen LogP contribution in [-0.2, 0) is 11.2 Å². The zero-order chi connectivity index (χ0) is 12.8. The number of nitrogens with zero attached hydrogens (tertiary/aromatic N) is 1. The Bertz CT molecular complexity index is 456. The molecular weight excluding hydrogens is 224 g/mol. The van der Waals surface area contributed by atoms with E-state index in [4.69, 9.17) is 0 Å². The first-order valence-electron chi connectivity index (χ1n) is 6.74. The predicted octanol–water partition coefficient (Wildman–Crippen LogP) is 2.42. The van der Waals surface area contributed by atoms with Gasteiger partial charge in [-0.2, -0.15) is 0 Å². The summed E-state index contributed by atoms with van der Waals surface area (Å²) in [6.45, 7) is 5.24. The van der Waals surface area contributed by atoms with Crippen LogP contribution in [0, 0.1) is 0 Å². The minimum Gasteiger partial charge on any atom is -0.373 e. The number of anilines is 1. The van der Waals surface area contributed by atoms with Gasteiger partial charge in [0.1, 0.15) is 6.04 Å². The van der Waals surface area contributed by atoms with Crippen molar-refractivity contribution in [1.82, 2.24) is 4.90 Å². The van der Waals surface area contributed by atoms with Gasteiger partial charge in [-0.15, -0.1) is 0 Å². The minimum absolute atomic E-state index is 0.0214. The van der Waals surface area contributed by atoms with E-state index in [1.807, 2.05) is 12.1 Å². The molecule has 1 atom stereocenters. The molecule has 0 aromatic heterocycles. The number of fused-ring (bicyclic) bond motifs is 1. The van der Waals surface area contributed by atoms with Crippen molar-refractivity contribution in [2.24, 2.45) is 0 Å². The van der Waals surface area contributed by atoms with Crippen LogP contribution in [-0.4, -0.2) is 28.9 Å². The van der Waals surface area contributed by atoms with Crippen LogP contribution >= 0.6 is 0 Å². The van der Waals surface area contributed by atoms with Crippen LogP contribution < -0.4 is 5.32 Å². The van der Waals surface area contributed by atoms with E-state index in [0.29, 0.717) is 0 Å². The molecule has 2 heterocycles. The van der Waals surface area contributed by atoms with E-state index in [0.717, 1.165) is 31.5 Å². The smallest absolute Gasteiger partial charge is 0.245 e. The maximum atomic E-state index is 12.6. The van der Waals surface area contributed by atoms with Crippen LogP contribution in [0.4, 0.5) is 5.69 Å². The molecule has 0 bridgehead atoms. The van der Waals surface area contributed by atoms with Crippen molar-refractivity contribution in [1.29, 1.82) is 0 Å². The van der Waals surface area contributed by atoms with Crippen molar-refractivity contribution in [3.05, 3.63) is 29.8 Å². The molecule has 0 unspecified atom stereocenters. The summed E-state index contributed by atoms with van der Waals surface area (Å²) in [5.74, 6) is 0.258. The first-order chi connectivity index (χ1) is 8.58. The summed E-state index contributed by atoms with van der Waals surface area (Å²) in [6.07, 6.45) is 3.05. The van der Waals surface area contributed by atoms with E-state index in [2.05, 4.69) is 36.2 Å². The van der Waals surface area contributed by atoms with Crippen LogP contribution in [0.1, 0.15) is 32.3 Å². The van der Waals surface area contributed by atoms with Gasteiger partial charge in [0, 0.05) is 24.2 Å². The molecule has 0 saturated carbocycles. The summed E-state index contributed by atoms with van der Waals surface area (Å²) < 4.78 is 0. The second-order valence-corrected chi connectivity index (χ2v) is 5.96. The zero-order valence-electron chi connectivity index (χ0n) is 11.1. The summed E-state index contributed by atoms with van der Waals surface area (Å²) >= 11 is 0. The van der Waals surface area contributed by atoms with Gasteiger partial charge in [-0.3, -0.25) is 4.79 Å². The van der Waals surface area contributed by atoms with Gasteiger partial charge in [0.2, 0.25) is 5.91 Å². The van der Waals surface area contributed by atoms with Crippen molar-refractivity contribution in [2.45, 2.75) is 44.7 Å². The van der Waals surface area contributed by atoms with Crippen molar-refractivity contribution in [3.8, 4) is 0 Å². The van der Waals surface area contributed by atoms with E-state index in [9.17, 15) is 4.79 Å². The normalized spacial score (nSPS) is 24.8. The zero-order valence-corrected chi connectivity index (χ0v) is 11.1. The van der Waals surface area contributed by atoms with Gasteiger partial charge in [0.15, 0.2) is 0 Å². The molecule has 1 amide bonds. The van der Waals surface area contributed by atoms with Gasteiger partial charge in [0.05, 0.1) is 0 Å². The molecule has 1 N–H and O–H groups in total. The number of carbonyl (C=O) groups excluding carboxylic acids is 1.